The van der Waals surface area contributed by atoms with Crippen LogP contribution in [0.5, 0.6) is 0 Å². The molecular weight excluding hydrogens is 463 g/mol. The highest BCUT2D eigenvalue weighted by atomic mass is 32.2. The second-order valence-corrected chi connectivity index (χ2v) is 9.05. The normalized spacial score (nSPS) is 12.1. The van der Waals surface area contributed by atoms with Gasteiger partial charge in [0.25, 0.3) is 5.56 Å². The van der Waals surface area contributed by atoms with Gasteiger partial charge in [-0.05, 0) is 62.2 Å². The first-order valence-electron chi connectivity index (χ1n) is 10.4. The van der Waals surface area contributed by atoms with E-state index in [0.29, 0.717) is 16.6 Å². The first-order valence-corrected chi connectivity index (χ1v) is 11.3. The molecule has 0 aliphatic heterocycles. The van der Waals surface area contributed by atoms with Gasteiger partial charge in [0.2, 0.25) is 5.91 Å². The van der Waals surface area contributed by atoms with Crippen LogP contribution >= 0.6 is 11.8 Å². The highest BCUT2D eigenvalue weighted by Gasteiger charge is 2.23. The molecule has 9 heteroatoms. The number of fused-ring (bicyclic) bond motifs is 1. The number of halogens is 3. The zero-order valence-corrected chi connectivity index (χ0v) is 19.3. The van der Waals surface area contributed by atoms with Crippen LogP contribution in [0.3, 0.4) is 0 Å². The number of amides is 1. The third kappa shape index (κ3) is 4.31. The van der Waals surface area contributed by atoms with Crippen LogP contribution in [0, 0.1) is 31.3 Å². The molecule has 3 aromatic carbocycles. The molecule has 1 amide bonds. The van der Waals surface area contributed by atoms with Crippen molar-refractivity contribution in [1.29, 1.82) is 0 Å². The van der Waals surface area contributed by atoms with Crippen molar-refractivity contribution >= 4 is 34.3 Å². The van der Waals surface area contributed by atoms with Crippen LogP contribution in [-0.2, 0) is 4.79 Å². The third-order valence-electron chi connectivity index (χ3n) is 5.51. The molecule has 5 nitrogen and oxygen atoms in total. The largest absolute Gasteiger partial charge is 0.323 e. The molecule has 0 bridgehead atoms. The van der Waals surface area contributed by atoms with Crippen molar-refractivity contribution in [3.05, 3.63) is 93.5 Å². The summed E-state index contributed by atoms with van der Waals surface area (Å²) in [7, 11) is 0. The number of para-hydroxylation sites is 1. The van der Waals surface area contributed by atoms with E-state index in [4.69, 9.17) is 0 Å². The lowest BCUT2D eigenvalue weighted by molar-refractivity contribution is -0.115. The maximum Gasteiger partial charge on any atom is 0.266 e. The smallest absolute Gasteiger partial charge is 0.266 e. The van der Waals surface area contributed by atoms with E-state index in [1.54, 1.807) is 37.3 Å². The number of nitrogens with one attached hydrogen (secondary N) is 1. The molecule has 1 heterocycles. The summed E-state index contributed by atoms with van der Waals surface area (Å²) in [4.78, 5) is 30.8. The summed E-state index contributed by atoms with van der Waals surface area (Å²) in [6.07, 6.45) is 0. The van der Waals surface area contributed by atoms with Gasteiger partial charge >= 0.3 is 0 Å². The highest BCUT2D eigenvalue weighted by Crippen LogP contribution is 2.28. The molecule has 174 valence electrons. The molecule has 1 unspecified atom stereocenters. The van der Waals surface area contributed by atoms with Crippen LogP contribution in [0.25, 0.3) is 16.6 Å². The topological polar surface area (TPSA) is 64.0 Å². The molecule has 0 spiro atoms. The second kappa shape index (κ2) is 9.34. The van der Waals surface area contributed by atoms with Crippen LogP contribution in [0.1, 0.15) is 18.1 Å². The van der Waals surface area contributed by atoms with E-state index >= 15 is 0 Å². The number of anilines is 1. The van der Waals surface area contributed by atoms with Crippen molar-refractivity contribution in [3.8, 4) is 5.69 Å². The van der Waals surface area contributed by atoms with Gasteiger partial charge in [-0.1, -0.05) is 36.0 Å². The van der Waals surface area contributed by atoms with Crippen LogP contribution in [0.2, 0.25) is 0 Å². The monoisotopic (exact) mass is 483 g/mol. The quantitative estimate of drug-likeness (QED) is 0.230. The zero-order valence-electron chi connectivity index (χ0n) is 18.5. The molecule has 34 heavy (non-hydrogen) atoms. The lowest BCUT2D eigenvalue weighted by atomic mass is 10.1. The Morgan fingerprint density at radius 1 is 1.00 bits per heavy atom. The highest BCUT2D eigenvalue weighted by molar-refractivity contribution is 8.00. The van der Waals surface area contributed by atoms with Crippen LogP contribution in [0.15, 0.2) is 64.5 Å². The number of rotatable bonds is 5. The van der Waals surface area contributed by atoms with Gasteiger partial charge in [0.05, 0.1) is 27.5 Å². The number of carbonyl (C=O) groups excluding carboxylic acids is 1. The molecule has 1 aromatic heterocycles. The van der Waals surface area contributed by atoms with E-state index in [-0.39, 0.29) is 10.7 Å². The Morgan fingerprint density at radius 2 is 1.74 bits per heavy atom. The maximum absolute atomic E-state index is 14.0. The van der Waals surface area contributed by atoms with E-state index < -0.39 is 34.3 Å². The predicted molar refractivity (Wildman–Crippen MR) is 127 cm³/mol. The first kappa shape index (κ1) is 23.6. The van der Waals surface area contributed by atoms with Crippen LogP contribution in [-0.4, -0.2) is 20.7 Å². The number of hydrogen-bond acceptors (Lipinski definition) is 4. The lowest BCUT2D eigenvalue weighted by Crippen LogP contribution is -2.27. The minimum Gasteiger partial charge on any atom is -0.323 e. The summed E-state index contributed by atoms with van der Waals surface area (Å²) in [5.74, 6) is -5.17. The van der Waals surface area contributed by atoms with Crippen LogP contribution < -0.4 is 10.9 Å². The van der Waals surface area contributed by atoms with Crippen molar-refractivity contribution in [2.24, 2.45) is 0 Å². The molecule has 0 radical (unpaired) electrons. The number of aryl methyl sites for hydroxylation is 1. The number of hydrogen-bond donors (Lipinski definition) is 1. The minimum absolute atomic E-state index is 0.269. The Balaban J connectivity index is 1.75. The van der Waals surface area contributed by atoms with Crippen molar-refractivity contribution < 1.29 is 18.0 Å². The predicted octanol–water partition coefficient (Wildman–Crippen LogP) is 5.54. The summed E-state index contributed by atoms with van der Waals surface area (Å²) in [5, 5.41) is 2.12. The van der Waals surface area contributed by atoms with Gasteiger partial charge in [0.1, 0.15) is 0 Å². The Bertz CT molecular complexity index is 1490. The average molecular weight is 484 g/mol. The average Bonchev–Trinajstić information content (AvgIpc) is 2.82. The first-order chi connectivity index (χ1) is 16.2. The van der Waals surface area contributed by atoms with Crippen molar-refractivity contribution in [1.82, 2.24) is 9.55 Å². The fourth-order valence-electron chi connectivity index (χ4n) is 3.45. The SMILES string of the molecule is Cc1cccc(-n2c(SC(C)C(=O)Nc3ccc(F)c(F)c3F)nc3ccccc3c2=O)c1C. The summed E-state index contributed by atoms with van der Waals surface area (Å²) < 4.78 is 42.2. The van der Waals surface area contributed by atoms with E-state index in [0.717, 1.165) is 35.0 Å². The van der Waals surface area contributed by atoms with Gasteiger partial charge in [-0.15, -0.1) is 0 Å². The number of benzene rings is 3. The number of nitrogens with zero attached hydrogens (tertiary/aromatic N) is 2. The fourth-order valence-corrected chi connectivity index (χ4v) is 4.37. The number of thioether (sulfide) groups is 1. The molecular formula is C25H20F3N3O2S. The zero-order chi connectivity index (χ0) is 24.6. The van der Waals surface area contributed by atoms with E-state index in [1.807, 2.05) is 26.0 Å². The molecule has 0 saturated heterocycles. The summed E-state index contributed by atoms with van der Waals surface area (Å²) in [6, 6.07) is 14.1. The van der Waals surface area contributed by atoms with Gasteiger partial charge in [-0.3, -0.25) is 14.2 Å². The van der Waals surface area contributed by atoms with Gasteiger partial charge < -0.3 is 5.32 Å². The molecule has 1 atom stereocenters. The Morgan fingerprint density at radius 3 is 2.50 bits per heavy atom. The fraction of sp³-hybridized carbons (Fsp3) is 0.160. The van der Waals surface area contributed by atoms with E-state index in [2.05, 4.69) is 10.3 Å². The standard InChI is InChI=1S/C25H20F3N3O2S/c1-13-7-6-10-20(14(13)2)31-24(33)16-8-4-5-9-18(16)30-25(31)34-15(3)23(32)29-19-12-11-17(26)21(27)22(19)28/h4-12,15H,1-3H3,(H,29,32). The Kier molecular flexibility index (Phi) is 6.47. The van der Waals surface area contributed by atoms with E-state index in [1.165, 1.54) is 4.57 Å². The maximum atomic E-state index is 14.0. The molecule has 0 aliphatic rings. The number of aromatic nitrogens is 2. The van der Waals surface area contributed by atoms with Gasteiger partial charge in [-0.25, -0.2) is 18.2 Å². The molecule has 0 aliphatic carbocycles. The lowest BCUT2D eigenvalue weighted by Gasteiger charge is -2.18. The van der Waals surface area contributed by atoms with E-state index in [9.17, 15) is 22.8 Å². The molecule has 0 saturated carbocycles. The summed E-state index contributed by atoms with van der Waals surface area (Å²) in [6.45, 7) is 5.37. The third-order valence-corrected chi connectivity index (χ3v) is 6.56. The molecule has 1 N–H and O–H groups in total. The van der Waals surface area contributed by atoms with Crippen molar-refractivity contribution in [3.63, 3.8) is 0 Å². The minimum atomic E-state index is -1.67. The van der Waals surface area contributed by atoms with Gasteiger partial charge in [0.15, 0.2) is 22.6 Å². The summed E-state index contributed by atoms with van der Waals surface area (Å²) in [5.41, 5.74) is 2.19. The van der Waals surface area contributed by atoms with Gasteiger partial charge in [0, 0.05) is 0 Å². The van der Waals surface area contributed by atoms with Crippen molar-refractivity contribution in [2.75, 3.05) is 5.32 Å². The Labute approximate surface area is 197 Å². The van der Waals surface area contributed by atoms with Crippen molar-refractivity contribution in [2.45, 2.75) is 31.2 Å². The Hall–Kier alpha value is -3.59. The molecule has 4 rings (SSSR count). The van der Waals surface area contributed by atoms with Gasteiger partial charge in [-0.2, -0.15) is 0 Å². The summed E-state index contributed by atoms with van der Waals surface area (Å²) >= 11 is 0.999. The molecule has 0 fully saturated rings. The second-order valence-electron chi connectivity index (χ2n) is 7.74. The van der Waals surface area contributed by atoms with Crippen LogP contribution in [0.4, 0.5) is 18.9 Å². The molecule has 4 aromatic rings. The number of carbonyl (C=O) groups is 1.